The largest absolute Gasteiger partial charge is 0.486 e. The van der Waals surface area contributed by atoms with Crippen LogP contribution < -0.4 is 10.1 Å². The number of aromatic nitrogens is 1. The monoisotopic (exact) mass is 370 g/mol. The van der Waals surface area contributed by atoms with E-state index in [4.69, 9.17) is 4.74 Å². The molecule has 0 spiro atoms. The topological polar surface area (TPSA) is 51.2 Å². The Morgan fingerprint density at radius 1 is 1.27 bits per heavy atom. The van der Waals surface area contributed by atoms with Crippen LogP contribution >= 0.6 is 11.3 Å². The van der Waals surface area contributed by atoms with Crippen molar-refractivity contribution in [2.24, 2.45) is 0 Å². The lowest BCUT2D eigenvalue weighted by Crippen LogP contribution is -2.26. The first-order valence-corrected chi connectivity index (χ1v) is 10.1. The lowest BCUT2D eigenvalue weighted by atomic mass is 9.97. The van der Waals surface area contributed by atoms with Gasteiger partial charge in [-0.25, -0.2) is 4.98 Å². The summed E-state index contributed by atoms with van der Waals surface area (Å²) in [4.78, 5) is 16.6. The molecule has 0 unspecified atom stereocenters. The molecule has 1 amide bonds. The minimum absolute atomic E-state index is 0.0395. The number of aryl methyl sites for hydroxylation is 1. The van der Waals surface area contributed by atoms with Gasteiger partial charge >= 0.3 is 0 Å². The second-order valence-corrected chi connectivity index (χ2v) is 7.66. The van der Waals surface area contributed by atoms with Crippen LogP contribution in [-0.2, 0) is 17.8 Å². The molecule has 5 heteroatoms. The third-order valence-electron chi connectivity index (χ3n) is 4.48. The van der Waals surface area contributed by atoms with Gasteiger partial charge in [0.1, 0.15) is 17.4 Å². The van der Waals surface area contributed by atoms with Crippen molar-refractivity contribution < 1.29 is 9.53 Å². The molecule has 1 aliphatic carbocycles. The van der Waals surface area contributed by atoms with Crippen molar-refractivity contribution in [1.82, 2.24) is 10.3 Å². The van der Waals surface area contributed by atoms with Crippen molar-refractivity contribution in [1.29, 1.82) is 0 Å². The van der Waals surface area contributed by atoms with Gasteiger partial charge < -0.3 is 10.1 Å². The highest BCUT2D eigenvalue weighted by molar-refractivity contribution is 7.09. The summed E-state index contributed by atoms with van der Waals surface area (Å²) in [5, 5.41) is 5.84. The number of thiazole rings is 1. The average molecular weight is 371 g/mol. The molecule has 1 aromatic carbocycles. The fraction of sp³-hybridized carbons (Fsp3) is 0.429. The van der Waals surface area contributed by atoms with Gasteiger partial charge in [-0.05, 0) is 51.2 Å². The van der Waals surface area contributed by atoms with Crippen LogP contribution in [0.5, 0.6) is 5.75 Å². The van der Waals surface area contributed by atoms with Crippen molar-refractivity contribution in [3.8, 4) is 5.75 Å². The Kier molecular flexibility index (Phi) is 6.83. The highest BCUT2D eigenvalue weighted by atomic mass is 32.1. The van der Waals surface area contributed by atoms with Gasteiger partial charge in [0.2, 0.25) is 5.91 Å². The summed E-state index contributed by atoms with van der Waals surface area (Å²) in [6.07, 6.45) is 8.60. The molecule has 0 bridgehead atoms. The Morgan fingerprint density at radius 2 is 2.12 bits per heavy atom. The quantitative estimate of drug-likeness (QED) is 0.692. The smallest absolute Gasteiger partial charge is 0.226 e. The summed E-state index contributed by atoms with van der Waals surface area (Å²) in [7, 11) is 0. The Balaban J connectivity index is 1.39. The van der Waals surface area contributed by atoms with Gasteiger partial charge in [0.25, 0.3) is 0 Å². The van der Waals surface area contributed by atoms with E-state index in [9.17, 15) is 4.79 Å². The van der Waals surface area contributed by atoms with Crippen molar-refractivity contribution in [3.05, 3.63) is 57.6 Å². The minimum atomic E-state index is 0.0395. The van der Waals surface area contributed by atoms with Gasteiger partial charge in [-0.2, -0.15) is 0 Å². The molecule has 4 nitrogen and oxygen atoms in total. The van der Waals surface area contributed by atoms with Gasteiger partial charge in [-0.3, -0.25) is 4.79 Å². The zero-order valence-corrected chi connectivity index (χ0v) is 16.1. The standard InChI is InChI=1S/C21H26N2O2S/c1-16-7-9-19(10-8-16)25-14-21-23-18(15-26-21)13-20(24)22-12-11-17-5-3-2-4-6-17/h5,7-10,15H,2-4,6,11-14H2,1H3,(H,22,24). The Bertz CT molecular complexity index is 750. The van der Waals surface area contributed by atoms with Crippen LogP contribution in [0.2, 0.25) is 0 Å². The molecular weight excluding hydrogens is 344 g/mol. The van der Waals surface area contributed by atoms with E-state index in [0.29, 0.717) is 13.0 Å². The van der Waals surface area contributed by atoms with Crippen molar-refractivity contribution >= 4 is 17.2 Å². The Morgan fingerprint density at radius 3 is 2.88 bits per heavy atom. The molecule has 138 valence electrons. The zero-order valence-electron chi connectivity index (χ0n) is 15.3. The fourth-order valence-corrected chi connectivity index (χ4v) is 3.70. The minimum Gasteiger partial charge on any atom is -0.486 e. The zero-order chi connectivity index (χ0) is 18.2. The van der Waals surface area contributed by atoms with Crippen LogP contribution in [-0.4, -0.2) is 17.4 Å². The molecule has 3 rings (SSSR count). The normalized spacial score (nSPS) is 14.0. The summed E-state index contributed by atoms with van der Waals surface area (Å²) < 4.78 is 5.74. The summed E-state index contributed by atoms with van der Waals surface area (Å²) >= 11 is 1.54. The number of hydrogen-bond donors (Lipinski definition) is 1. The third-order valence-corrected chi connectivity index (χ3v) is 5.35. The van der Waals surface area contributed by atoms with Crippen molar-refractivity contribution in [2.45, 2.75) is 52.1 Å². The molecule has 0 radical (unpaired) electrons. The lowest BCUT2D eigenvalue weighted by Gasteiger charge is -2.12. The van der Waals surface area contributed by atoms with E-state index in [0.717, 1.165) is 29.4 Å². The Hall–Kier alpha value is -2.14. The number of benzene rings is 1. The number of carbonyl (C=O) groups is 1. The number of ether oxygens (including phenoxy) is 1. The highest BCUT2D eigenvalue weighted by Crippen LogP contribution is 2.19. The predicted molar refractivity (Wildman–Crippen MR) is 106 cm³/mol. The maximum Gasteiger partial charge on any atom is 0.226 e. The number of hydrogen-bond acceptors (Lipinski definition) is 4. The van der Waals surface area contributed by atoms with E-state index in [1.165, 1.54) is 48.2 Å². The lowest BCUT2D eigenvalue weighted by molar-refractivity contribution is -0.120. The van der Waals surface area contributed by atoms with E-state index < -0.39 is 0 Å². The number of amides is 1. The van der Waals surface area contributed by atoms with Crippen LogP contribution in [0.25, 0.3) is 0 Å². The molecule has 0 aliphatic heterocycles. The number of nitrogens with zero attached hydrogens (tertiary/aromatic N) is 1. The van der Waals surface area contributed by atoms with Crippen LogP contribution in [0.3, 0.4) is 0 Å². The first-order valence-electron chi connectivity index (χ1n) is 9.26. The van der Waals surface area contributed by atoms with Gasteiger partial charge in [-0.1, -0.05) is 29.3 Å². The summed E-state index contributed by atoms with van der Waals surface area (Å²) in [5.41, 5.74) is 3.51. The van der Waals surface area contributed by atoms with Gasteiger partial charge in [0.15, 0.2) is 0 Å². The maximum atomic E-state index is 12.1. The number of rotatable bonds is 8. The molecule has 1 aromatic heterocycles. The molecule has 0 atom stereocenters. The molecule has 1 N–H and O–H groups in total. The van der Waals surface area contributed by atoms with E-state index >= 15 is 0 Å². The van der Waals surface area contributed by atoms with Crippen molar-refractivity contribution in [3.63, 3.8) is 0 Å². The molecule has 26 heavy (non-hydrogen) atoms. The molecule has 0 saturated carbocycles. The van der Waals surface area contributed by atoms with Crippen molar-refractivity contribution in [2.75, 3.05) is 6.54 Å². The number of carbonyl (C=O) groups excluding carboxylic acids is 1. The van der Waals surface area contributed by atoms with Gasteiger partial charge in [0, 0.05) is 11.9 Å². The van der Waals surface area contributed by atoms with Crippen LogP contribution in [0.4, 0.5) is 0 Å². The van der Waals surface area contributed by atoms with E-state index in [2.05, 4.69) is 16.4 Å². The summed E-state index contributed by atoms with van der Waals surface area (Å²) in [5.74, 6) is 0.875. The first kappa shape index (κ1) is 18.6. The molecule has 2 aromatic rings. The van der Waals surface area contributed by atoms with Gasteiger partial charge in [0.05, 0.1) is 12.1 Å². The second-order valence-electron chi connectivity index (χ2n) is 6.72. The first-order chi connectivity index (χ1) is 12.7. The number of allylic oxidation sites excluding steroid dienone is 1. The highest BCUT2D eigenvalue weighted by Gasteiger charge is 2.09. The SMILES string of the molecule is Cc1ccc(OCc2nc(CC(=O)NCCC3=CCCCC3)cs2)cc1. The van der Waals surface area contributed by atoms with E-state index in [1.807, 2.05) is 36.6 Å². The molecule has 1 aliphatic rings. The summed E-state index contributed by atoms with van der Waals surface area (Å²) in [6, 6.07) is 7.96. The Labute approximate surface area is 159 Å². The third kappa shape index (κ3) is 5.99. The maximum absolute atomic E-state index is 12.1. The average Bonchev–Trinajstić information content (AvgIpc) is 3.09. The number of nitrogens with one attached hydrogen (secondary N) is 1. The predicted octanol–water partition coefficient (Wildman–Crippen LogP) is 4.58. The summed E-state index contributed by atoms with van der Waals surface area (Å²) in [6.45, 7) is 3.20. The van der Waals surface area contributed by atoms with E-state index in [1.54, 1.807) is 0 Å². The van der Waals surface area contributed by atoms with Crippen LogP contribution in [0, 0.1) is 6.92 Å². The molecule has 0 fully saturated rings. The molecular formula is C21H26N2O2S. The molecule has 1 heterocycles. The molecule has 0 saturated heterocycles. The van der Waals surface area contributed by atoms with Crippen LogP contribution in [0.15, 0.2) is 41.3 Å². The van der Waals surface area contributed by atoms with Crippen LogP contribution in [0.1, 0.15) is 48.4 Å². The second kappa shape index (κ2) is 9.53. The fourth-order valence-electron chi connectivity index (χ4n) is 3.00. The van der Waals surface area contributed by atoms with E-state index in [-0.39, 0.29) is 5.91 Å². The van der Waals surface area contributed by atoms with Gasteiger partial charge in [-0.15, -0.1) is 11.3 Å².